The summed E-state index contributed by atoms with van der Waals surface area (Å²) in [7, 11) is 0. The molecule has 1 unspecified atom stereocenters. The Morgan fingerprint density at radius 1 is 1.38 bits per heavy atom. The van der Waals surface area contributed by atoms with Crippen LogP contribution < -0.4 is 15.8 Å². The summed E-state index contributed by atoms with van der Waals surface area (Å²) in [6.45, 7) is 6.87. The van der Waals surface area contributed by atoms with Crippen molar-refractivity contribution in [2.24, 2.45) is 0 Å². The Morgan fingerprint density at radius 2 is 2.14 bits per heavy atom. The summed E-state index contributed by atoms with van der Waals surface area (Å²) in [6.07, 6.45) is 0.915. The number of hydrogen-bond donors (Lipinski definition) is 2. The molecule has 0 radical (unpaired) electrons. The molecule has 0 saturated carbocycles. The number of ether oxygens (including phenoxy) is 1. The highest BCUT2D eigenvalue weighted by Crippen LogP contribution is 2.36. The Balaban J connectivity index is 1.95. The van der Waals surface area contributed by atoms with Gasteiger partial charge in [0.05, 0.1) is 24.0 Å². The number of hydrogen-bond acceptors (Lipinski definition) is 4. The average molecular weight is 286 g/mol. The quantitative estimate of drug-likeness (QED) is 0.908. The Bertz CT molecular complexity index is 648. The van der Waals surface area contributed by atoms with Gasteiger partial charge < -0.3 is 15.8 Å². The molecular formula is C16H22N4O. The zero-order valence-electron chi connectivity index (χ0n) is 12.8. The molecule has 21 heavy (non-hydrogen) atoms. The van der Waals surface area contributed by atoms with Gasteiger partial charge in [-0.2, -0.15) is 5.10 Å². The predicted molar refractivity (Wildman–Crippen MR) is 84.7 cm³/mol. The summed E-state index contributed by atoms with van der Waals surface area (Å²) in [4.78, 5) is 0. The van der Waals surface area contributed by atoms with Crippen molar-refractivity contribution in [3.63, 3.8) is 0 Å². The smallest absolute Gasteiger partial charge is 0.148 e. The van der Waals surface area contributed by atoms with Crippen molar-refractivity contribution in [1.82, 2.24) is 9.78 Å². The minimum absolute atomic E-state index is 0.200. The standard InChI is InChI=1S/C16H22N4O/c1-10(2)20-16(15(17)11(3)19-20)18-13-8-9-21-14-7-5-4-6-12(13)14/h4-7,10,13,18H,8-9,17H2,1-3H3. The molecule has 0 amide bonds. The second-order valence-electron chi connectivity index (χ2n) is 5.76. The molecule has 1 aliphatic heterocycles. The predicted octanol–water partition coefficient (Wildman–Crippen LogP) is 3.29. The Kier molecular flexibility index (Phi) is 3.49. The van der Waals surface area contributed by atoms with Crippen molar-refractivity contribution >= 4 is 11.5 Å². The molecular weight excluding hydrogens is 264 g/mol. The van der Waals surface area contributed by atoms with Gasteiger partial charge in [-0.05, 0) is 26.8 Å². The van der Waals surface area contributed by atoms with Crippen LogP contribution in [0, 0.1) is 6.92 Å². The van der Waals surface area contributed by atoms with Crippen LogP contribution in [0.1, 0.15) is 43.6 Å². The van der Waals surface area contributed by atoms with Gasteiger partial charge in [-0.1, -0.05) is 18.2 Å². The van der Waals surface area contributed by atoms with Crippen molar-refractivity contribution < 1.29 is 4.74 Å². The third kappa shape index (κ3) is 2.44. The largest absolute Gasteiger partial charge is 0.493 e. The molecule has 1 aliphatic rings. The number of nitrogens with zero attached hydrogens (tertiary/aromatic N) is 2. The zero-order valence-corrected chi connectivity index (χ0v) is 12.8. The average Bonchev–Trinajstić information content (AvgIpc) is 2.76. The van der Waals surface area contributed by atoms with Crippen LogP contribution in [0.5, 0.6) is 5.75 Å². The van der Waals surface area contributed by atoms with Crippen LogP contribution in [0.4, 0.5) is 11.5 Å². The molecule has 0 spiro atoms. The maximum atomic E-state index is 6.20. The molecule has 0 aliphatic carbocycles. The van der Waals surface area contributed by atoms with Gasteiger partial charge >= 0.3 is 0 Å². The number of para-hydroxylation sites is 1. The molecule has 2 heterocycles. The summed E-state index contributed by atoms with van der Waals surface area (Å²) < 4.78 is 7.67. The lowest BCUT2D eigenvalue weighted by molar-refractivity contribution is 0.274. The van der Waals surface area contributed by atoms with Crippen molar-refractivity contribution in [2.75, 3.05) is 17.7 Å². The molecule has 0 saturated heterocycles. The minimum atomic E-state index is 0.200. The normalized spacial score (nSPS) is 17.4. The molecule has 2 aromatic rings. The van der Waals surface area contributed by atoms with Gasteiger partial charge in [0.15, 0.2) is 0 Å². The minimum Gasteiger partial charge on any atom is -0.493 e. The van der Waals surface area contributed by atoms with Gasteiger partial charge in [0.25, 0.3) is 0 Å². The van der Waals surface area contributed by atoms with E-state index >= 15 is 0 Å². The van der Waals surface area contributed by atoms with Crippen LogP contribution >= 0.6 is 0 Å². The summed E-state index contributed by atoms with van der Waals surface area (Å²) in [5.74, 6) is 1.86. The van der Waals surface area contributed by atoms with E-state index in [4.69, 9.17) is 10.5 Å². The summed E-state index contributed by atoms with van der Waals surface area (Å²) in [5, 5.41) is 8.10. The molecule has 3 rings (SSSR count). The highest BCUT2D eigenvalue weighted by molar-refractivity contribution is 5.66. The Labute approximate surface area is 125 Å². The first-order valence-electron chi connectivity index (χ1n) is 7.40. The van der Waals surface area contributed by atoms with Gasteiger partial charge in [-0.25, -0.2) is 4.68 Å². The van der Waals surface area contributed by atoms with E-state index in [0.29, 0.717) is 6.61 Å². The van der Waals surface area contributed by atoms with E-state index in [1.807, 2.05) is 29.8 Å². The van der Waals surface area contributed by atoms with Gasteiger partial charge in [-0.3, -0.25) is 0 Å². The molecule has 5 heteroatoms. The number of rotatable bonds is 3. The van der Waals surface area contributed by atoms with Crippen LogP contribution in [0.15, 0.2) is 24.3 Å². The number of nitrogens with two attached hydrogens (primary N) is 1. The Morgan fingerprint density at radius 3 is 2.90 bits per heavy atom. The molecule has 1 aromatic carbocycles. The first-order valence-corrected chi connectivity index (χ1v) is 7.40. The second kappa shape index (κ2) is 5.31. The number of fused-ring (bicyclic) bond motifs is 1. The monoisotopic (exact) mass is 286 g/mol. The maximum Gasteiger partial charge on any atom is 0.148 e. The fraction of sp³-hybridized carbons (Fsp3) is 0.438. The molecule has 1 atom stereocenters. The topological polar surface area (TPSA) is 65.1 Å². The molecule has 0 bridgehead atoms. The first kappa shape index (κ1) is 13.8. The third-order valence-electron chi connectivity index (χ3n) is 3.89. The van der Waals surface area contributed by atoms with E-state index in [9.17, 15) is 0 Å². The summed E-state index contributed by atoms with van der Waals surface area (Å²) >= 11 is 0. The lowest BCUT2D eigenvalue weighted by Gasteiger charge is -2.28. The SMILES string of the molecule is Cc1nn(C(C)C)c(NC2CCOc3ccccc32)c1N. The molecule has 3 N–H and O–H groups in total. The van der Waals surface area contributed by atoms with Crippen molar-refractivity contribution in [1.29, 1.82) is 0 Å². The van der Waals surface area contributed by atoms with Gasteiger partial charge in [0.2, 0.25) is 0 Å². The number of aryl methyl sites for hydroxylation is 1. The van der Waals surface area contributed by atoms with Gasteiger partial charge in [0.1, 0.15) is 11.6 Å². The highest BCUT2D eigenvalue weighted by Gasteiger charge is 2.24. The lowest BCUT2D eigenvalue weighted by atomic mass is 10.0. The third-order valence-corrected chi connectivity index (χ3v) is 3.89. The molecule has 0 fully saturated rings. The zero-order chi connectivity index (χ0) is 15.0. The van der Waals surface area contributed by atoms with Crippen LogP contribution in [0.25, 0.3) is 0 Å². The van der Waals surface area contributed by atoms with Crippen LogP contribution in [0.3, 0.4) is 0 Å². The van der Waals surface area contributed by atoms with E-state index in [2.05, 4.69) is 30.3 Å². The first-order chi connectivity index (χ1) is 10.1. The van der Waals surface area contributed by atoms with E-state index in [1.165, 1.54) is 5.56 Å². The fourth-order valence-corrected chi connectivity index (χ4v) is 2.73. The number of benzene rings is 1. The van der Waals surface area contributed by atoms with Gasteiger partial charge in [0, 0.05) is 18.0 Å². The van der Waals surface area contributed by atoms with Gasteiger partial charge in [-0.15, -0.1) is 0 Å². The van der Waals surface area contributed by atoms with Crippen molar-refractivity contribution in [2.45, 2.75) is 39.3 Å². The number of nitrogens with one attached hydrogen (secondary N) is 1. The van der Waals surface area contributed by atoms with E-state index in [-0.39, 0.29) is 12.1 Å². The Hall–Kier alpha value is -2.17. The maximum absolute atomic E-state index is 6.20. The number of anilines is 2. The second-order valence-corrected chi connectivity index (χ2v) is 5.76. The molecule has 112 valence electrons. The summed E-state index contributed by atoms with van der Waals surface area (Å²) in [5.41, 5.74) is 8.98. The number of aromatic nitrogens is 2. The van der Waals surface area contributed by atoms with E-state index in [1.54, 1.807) is 0 Å². The van der Waals surface area contributed by atoms with Crippen LogP contribution in [-0.4, -0.2) is 16.4 Å². The van der Waals surface area contributed by atoms with Crippen LogP contribution in [-0.2, 0) is 0 Å². The fourth-order valence-electron chi connectivity index (χ4n) is 2.73. The number of nitrogen functional groups attached to an aromatic ring is 1. The lowest BCUT2D eigenvalue weighted by Crippen LogP contribution is -2.22. The molecule has 1 aromatic heterocycles. The molecule has 5 nitrogen and oxygen atoms in total. The van der Waals surface area contributed by atoms with Crippen molar-refractivity contribution in [3.05, 3.63) is 35.5 Å². The van der Waals surface area contributed by atoms with E-state index in [0.717, 1.165) is 29.4 Å². The van der Waals surface area contributed by atoms with Crippen LogP contribution in [0.2, 0.25) is 0 Å². The highest BCUT2D eigenvalue weighted by atomic mass is 16.5. The van der Waals surface area contributed by atoms with E-state index < -0.39 is 0 Å². The summed E-state index contributed by atoms with van der Waals surface area (Å²) in [6, 6.07) is 8.61. The van der Waals surface area contributed by atoms with Crippen molar-refractivity contribution in [3.8, 4) is 5.75 Å².